The van der Waals surface area contributed by atoms with E-state index < -0.39 is 0 Å². The summed E-state index contributed by atoms with van der Waals surface area (Å²) in [6, 6.07) is 10.3. The lowest BCUT2D eigenvalue weighted by atomic mass is 10.2. The Hall–Kier alpha value is -1.41. The van der Waals surface area contributed by atoms with Crippen LogP contribution in [-0.2, 0) is 0 Å². The summed E-state index contributed by atoms with van der Waals surface area (Å²) in [7, 11) is 0. The van der Waals surface area contributed by atoms with Crippen LogP contribution in [0.5, 0.6) is 0 Å². The molecule has 2 aromatic heterocycles. The van der Waals surface area contributed by atoms with Crippen LogP contribution in [0.4, 0.5) is 0 Å². The van der Waals surface area contributed by atoms with Crippen molar-refractivity contribution in [3.63, 3.8) is 0 Å². The van der Waals surface area contributed by atoms with Gasteiger partial charge in [-0.1, -0.05) is 6.07 Å². The molecule has 3 rings (SSSR count). The van der Waals surface area contributed by atoms with Gasteiger partial charge in [-0.05, 0) is 29.7 Å². The summed E-state index contributed by atoms with van der Waals surface area (Å²) < 4.78 is 1.28. The maximum absolute atomic E-state index is 4.30. The highest BCUT2D eigenvalue weighted by molar-refractivity contribution is 7.16. The Morgan fingerprint density at radius 1 is 1.23 bits per heavy atom. The minimum atomic E-state index is 1.06. The number of nitrogens with zero attached hydrogens (tertiary/aromatic N) is 1. The van der Waals surface area contributed by atoms with Crippen LogP contribution >= 0.6 is 11.3 Å². The van der Waals surface area contributed by atoms with Crippen molar-refractivity contribution < 1.29 is 0 Å². The molecule has 0 fully saturated rings. The van der Waals surface area contributed by atoms with Crippen LogP contribution in [0.25, 0.3) is 21.0 Å². The second-order valence-corrected chi connectivity index (χ2v) is 3.83. The maximum atomic E-state index is 4.30. The summed E-state index contributed by atoms with van der Waals surface area (Å²) in [6.07, 6.45) is 1.82. The number of benzene rings is 1. The first-order valence-electron chi connectivity index (χ1n) is 4.08. The third-order valence-corrected chi connectivity index (χ3v) is 2.93. The predicted molar refractivity (Wildman–Crippen MR) is 56.0 cm³/mol. The first kappa shape index (κ1) is 7.04. The molecule has 1 radical (unpaired) electrons. The first-order chi connectivity index (χ1) is 6.43. The second-order valence-electron chi connectivity index (χ2n) is 2.95. The van der Waals surface area contributed by atoms with E-state index in [9.17, 15) is 0 Å². The molecule has 3 aromatic rings. The Morgan fingerprint density at radius 3 is 3.23 bits per heavy atom. The summed E-state index contributed by atoms with van der Waals surface area (Å²) in [5.74, 6) is 0. The summed E-state index contributed by atoms with van der Waals surface area (Å²) in [4.78, 5) is 4.30. The third-order valence-electron chi connectivity index (χ3n) is 2.12. The molecule has 0 saturated heterocycles. The fourth-order valence-corrected chi connectivity index (χ4v) is 2.21. The maximum Gasteiger partial charge on any atom is 0.0708 e. The summed E-state index contributed by atoms with van der Waals surface area (Å²) >= 11 is 1.65. The Labute approximate surface area is 79.7 Å². The lowest BCUT2D eigenvalue weighted by Crippen LogP contribution is -1.75. The Kier molecular flexibility index (Phi) is 1.37. The third kappa shape index (κ3) is 1.03. The van der Waals surface area contributed by atoms with Gasteiger partial charge in [0.1, 0.15) is 0 Å². The molecule has 0 aliphatic heterocycles. The first-order valence-corrected chi connectivity index (χ1v) is 4.89. The van der Waals surface area contributed by atoms with Crippen molar-refractivity contribution >= 4 is 32.3 Å². The topological polar surface area (TPSA) is 12.9 Å². The molecule has 0 spiro atoms. The van der Waals surface area contributed by atoms with Crippen LogP contribution < -0.4 is 0 Å². The predicted octanol–water partition coefficient (Wildman–Crippen LogP) is 3.25. The van der Waals surface area contributed by atoms with E-state index >= 15 is 0 Å². The van der Waals surface area contributed by atoms with Gasteiger partial charge < -0.3 is 0 Å². The minimum Gasteiger partial charge on any atom is -0.256 e. The molecular weight excluding hydrogens is 178 g/mol. The number of pyridine rings is 1. The molecule has 0 saturated carbocycles. The molecule has 0 N–H and O–H groups in total. The van der Waals surface area contributed by atoms with Gasteiger partial charge in [-0.3, -0.25) is 4.98 Å². The van der Waals surface area contributed by atoms with Gasteiger partial charge in [-0.15, -0.1) is 11.3 Å². The Bertz CT molecular complexity index is 519. The van der Waals surface area contributed by atoms with Gasteiger partial charge in [0.2, 0.25) is 0 Å². The number of aromatic nitrogens is 1. The normalized spacial score (nSPS) is 11.1. The van der Waals surface area contributed by atoms with Crippen molar-refractivity contribution in [3.05, 3.63) is 41.9 Å². The van der Waals surface area contributed by atoms with Gasteiger partial charge in [-0.25, -0.2) is 0 Å². The molecule has 0 aliphatic rings. The number of hydrogen-bond donors (Lipinski definition) is 0. The van der Waals surface area contributed by atoms with Crippen LogP contribution in [-0.4, -0.2) is 4.98 Å². The molecule has 1 nitrogen and oxygen atoms in total. The zero-order valence-electron chi connectivity index (χ0n) is 6.82. The summed E-state index contributed by atoms with van der Waals surface area (Å²) in [6.45, 7) is 0. The van der Waals surface area contributed by atoms with Gasteiger partial charge in [0.15, 0.2) is 0 Å². The molecule has 0 atom stereocenters. The highest BCUT2D eigenvalue weighted by Gasteiger charge is 1.98. The fourth-order valence-electron chi connectivity index (χ4n) is 1.47. The largest absolute Gasteiger partial charge is 0.256 e. The van der Waals surface area contributed by atoms with Crippen molar-refractivity contribution in [3.8, 4) is 0 Å². The number of rotatable bonds is 0. The molecular formula is C11H6NS. The van der Waals surface area contributed by atoms with Gasteiger partial charge >= 0.3 is 0 Å². The number of hydrogen-bond acceptors (Lipinski definition) is 2. The average molecular weight is 184 g/mol. The average Bonchev–Trinajstić information content (AvgIpc) is 2.61. The van der Waals surface area contributed by atoms with E-state index in [0.29, 0.717) is 0 Å². The monoisotopic (exact) mass is 184 g/mol. The van der Waals surface area contributed by atoms with Crippen molar-refractivity contribution in [2.75, 3.05) is 0 Å². The van der Waals surface area contributed by atoms with E-state index in [0.717, 1.165) is 5.52 Å². The molecule has 0 unspecified atom stereocenters. The van der Waals surface area contributed by atoms with Crippen molar-refractivity contribution in [1.82, 2.24) is 4.98 Å². The van der Waals surface area contributed by atoms with E-state index in [-0.39, 0.29) is 0 Å². The number of fused-ring (bicyclic) bond motifs is 2. The molecule has 0 aliphatic carbocycles. The van der Waals surface area contributed by atoms with Crippen LogP contribution in [0, 0.1) is 5.38 Å². The van der Waals surface area contributed by atoms with Crippen LogP contribution in [0.15, 0.2) is 36.5 Å². The van der Waals surface area contributed by atoms with E-state index in [1.54, 1.807) is 11.3 Å². The summed E-state index contributed by atoms with van der Waals surface area (Å²) in [5.41, 5.74) is 1.06. The number of thiophene rings is 1. The van der Waals surface area contributed by atoms with E-state index in [4.69, 9.17) is 0 Å². The molecule has 1 aromatic carbocycles. The molecule has 13 heavy (non-hydrogen) atoms. The highest BCUT2D eigenvalue weighted by Crippen LogP contribution is 2.24. The van der Waals surface area contributed by atoms with Gasteiger partial charge in [0, 0.05) is 21.7 Å². The van der Waals surface area contributed by atoms with Crippen LogP contribution in [0.2, 0.25) is 0 Å². The summed E-state index contributed by atoms with van der Waals surface area (Å²) in [5, 5.41) is 5.56. The lowest BCUT2D eigenvalue weighted by Gasteiger charge is -1.95. The second kappa shape index (κ2) is 2.54. The fraction of sp³-hybridized carbons (Fsp3) is 0. The lowest BCUT2D eigenvalue weighted by molar-refractivity contribution is 1.42. The van der Waals surface area contributed by atoms with Gasteiger partial charge in [-0.2, -0.15) is 0 Å². The van der Waals surface area contributed by atoms with Crippen molar-refractivity contribution in [1.29, 1.82) is 0 Å². The van der Waals surface area contributed by atoms with Crippen molar-refractivity contribution in [2.45, 2.75) is 0 Å². The minimum absolute atomic E-state index is 1.06. The van der Waals surface area contributed by atoms with Crippen LogP contribution in [0.3, 0.4) is 0 Å². The zero-order valence-corrected chi connectivity index (χ0v) is 7.64. The van der Waals surface area contributed by atoms with E-state index in [2.05, 4.69) is 28.6 Å². The molecule has 0 bridgehead atoms. The zero-order chi connectivity index (χ0) is 8.67. The quantitative estimate of drug-likeness (QED) is 0.522. The smallest absolute Gasteiger partial charge is 0.0708 e. The van der Waals surface area contributed by atoms with Crippen LogP contribution in [0.1, 0.15) is 0 Å². The molecule has 0 amide bonds. The highest BCUT2D eigenvalue weighted by atomic mass is 32.1. The van der Waals surface area contributed by atoms with Gasteiger partial charge in [0.05, 0.1) is 5.52 Å². The van der Waals surface area contributed by atoms with E-state index in [1.807, 2.05) is 18.3 Å². The standard InChI is InChI=1S/C11H6NS/c1-2-8-7-11-9(3-5-13-11)6-10(8)12-4-1/h1-4,6-7H. The SMILES string of the molecule is [c]1cc2cc3ncccc3cc2s1. The van der Waals surface area contributed by atoms with Gasteiger partial charge in [0.25, 0.3) is 0 Å². The Balaban J connectivity index is 2.57. The van der Waals surface area contributed by atoms with Crippen molar-refractivity contribution in [2.24, 2.45) is 0 Å². The Morgan fingerprint density at radius 2 is 2.23 bits per heavy atom. The molecule has 61 valence electrons. The molecule has 2 heterocycles. The van der Waals surface area contributed by atoms with E-state index in [1.165, 1.54) is 15.5 Å². The molecule has 2 heteroatoms.